The third-order valence-corrected chi connectivity index (χ3v) is 8.77. The van der Waals surface area contributed by atoms with E-state index in [9.17, 15) is 4.48 Å². The molecule has 0 saturated heterocycles. The molecular formula is C41H52FN5. The maximum absolute atomic E-state index is 13.7. The molecule has 6 rings (SSSR count). The summed E-state index contributed by atoms with van der Waals surface area (Å²) in [5.41, 5.74) is 11.4. The van der Waals surface area contributed by atoms with E-state index in [1.165, 1.54) is 53.4 Å². The predicted molar refractivity (Wildman–Crippen MR) is 200 cm³/mol. The van der Waals surface area contributed by atoms with Gasteiger partial charge in [-0.3, -0.25) is 4.57 Å². The lowest BCUT2D eigenvalue weighted by Gasteiger charge is -2.29. The van der Waals surface area contributed by atoms with Crippen LogP contribution in [-0.4, -0.2) is 29.8 Å². The minimum atomic E-state index is 0.147. The van der Waals surface area contributed by atoms with Crippen molar-refractivity contribution >= 4 is 22.7 Å². The van der Waals surface area contributed by atoms with Crippen molar-refractivity contribution in [2.45, 2.75) is 80.3 Å². The number of hydrogen-bond donors (Lipinski definition) is 0. The molecule has 1 aliphatic rings. The molecule has 1 unspecified atom stereocenters. The van der Waals surface area contributed by atoms with Crippen molar-refractivity contribution in [2.75, 3.05) is 29.0 Å². The van der Waals surface area contributed by atoms with Gasteiger partial charge in [-0.2, -0.15) is 0 Å². The summed E-state index contributed by atoms with van der Waals surface area (Å²) in [4.78, 5) is 9.04. The van der Waals surface area contributed by atoms with Crippen LogP contribution in [-0.2, 0) is 0 Å². The quantitative estimate of drug-likeness (QED) is 0.174. The largest absolute Gasteiger partial charge is 0.353 e. The molecule has 4 aromatic carbocycles. The third-order valence-electron chi connectivity index (χ3n) is 8.77. The summed E-state index contributed by atoms with van der Waals surface area (Å²) in [6, 6.07) is 28.8. The molecular weight excluding hydrogens is 581 g/mol. The zero-order valence-corrected chi connectivity index (χ0v) is 29.9. The summed E-state index contributed by atoms with van der Waals surface area (Å²) in [5, 5.41) is 0.670. The molecule has 0 bridgehead atoms. The van der Waals surface area contributed by atoms with E-state index in [4.69, 9.17) is 0 Å². The highest BCUT2D eigenvalue weighted by Crippen LogP contribution is 2.45. The van der Waals surface area contributed by atoms with Gasteiger partial charge in [-0.25, -0.2) is 10.1 Å². The Bertz CT molecular complexity index is 1730. The Balaban J connectivity index is 0.000000193. The lowest BCUT2D eigenvalue weighted by molar-refractivity contribution is 0.476. The summed E-state index contributed by atoms with van der Waals surface area (Å²) < 4.78 is 16.0. The molecule has 0 N–H and O–H groups in total. The Morgan fingerprint density at radius 2 is 1.36 bits per heavy atom. The number of imidazole rings is 1. The number of unbranched alkanes of at least 4 members (excludes halogenated alkanes) is 1. The summed E-state index contributed by atoms with van der Waals surface area (Å²) in [7, 11) is 3.49. The minimum absolute atomic E-state index is 0.147. The number of hydrogen-bond acceptors (Lipinski definition) is 4. The maximum Gasteiger partial charge on any atom is 0.144 e. The fraction of sp³-hybridized carbons (Fsp3) is 0.341. The Labute approximate surface area is 282 Å². The number of anilines is 4. The molecule has 0 fully saturated rings. The molecule has 0 aliphatic carbocycles. The smallest absolute Gasteiger partial charge is 0.144 e. The molecule has 5 aromatic rings. The number of aryl methyl sites for hydroxylation is 3. The molecule has 0 amide bonds. The second kappa shape index (κ2) is 15.8. The van der Waals surface area contributed by atoms with Crippen LogP contribution in [0.5, 0.6) is 0 Å². The van der Waals surface area contributed by atoms with E-state index >= 15 is 0 Å². The topological polar surface area (TPSA) is 27.5 Å². The molecule has 1 aromatic heterocycles. The van der Waals surface area contributed by atoms with E-state index in [1.807, 2.05) is 36.5 Å². The Kier molecular flexibility index (Phi) is 11.9. The van der Waals surface area contributed by atoms with Crippen molar-refractivity contribution in [3.8, 4) is 17.1 Å². The normalized spacial score (nSPS) is 13.5. The van der Waals surface area contributed by atoms with Crippen LogP contribution in [0.15, 0.2) is 97.3 Å². The zero-order valence-electron chi connectivity index (χ0n) is 29.9. The van der Waals surface area contributed by atoms with Crippen molar-refractivity contribution in [1.29, 1.82) is 0 Å². The molecule has 0 radical (unpaired) electrons. The number of halogens is 1. The van der Waals surface area contributed by atoms with Crippen molar-refractivity contribution in [2.24, 2.45) is 0 Å². The van der Waals surface area contributed by atoms with Gasteiger partial charge in [0.2, 0.25) is 0 Å². The molecule has 47 heavy (non-hydrogen) atoms. The highest BCUT2D eigenvalue weighted by Gasteiger charge is 2.32. The van der Waals surface area contributed by atoms with Gasteiger partial charge in [0.1, 0.15) is 12.0 Å². The van der Waals surface area contributed by atoms with Crippen LogP contribution >= 0.6 is 0 Å². The van der Waals surface area contributed by atoms with Gasteiger partial charge in [0.15, 0.2) is 0 Å². The van der Waals surface area contributed by atoms with E-state index in [0.29, 0.717) is 16.7 Å². The van der Waals surface area contributed by atoms with Crippen molar-refractivity contribution in [1.82, 2.24) is 9.55 Å². The van der Waals surface area contributed by atoms with Gasteiger partial charge in [0.05, 0.1) is 28.4 Å². The number of rotatable bonds is 6. The fourth-order valence-corrected chi connectivity index (χ4v) is 6.24. The van der Waals surface area contributed by atoms with Crippen molar-refractivity contribution in [3.63, 3.8) is 0 Å². The zero-order chi connectivity index (χ0) is 34.2. The lowest BCUT2D eigenvalue weighted by Crippen LogP contribution is -2.36. The van der Waals surface area contributed by atoms with E-state index in [-0.39, 0.29) is 6.17 Å². The van der Waals surface area contributed by atoms with Gasteiger partial charge in [-0.15, -0.1) is 4.48 Å². The van der Waals surface area contributed by atoms with Crippen molar-refractivity contribution < 1.29 is 4.48 Å². The first kappa shape index (κ1) is 35.3. The average Bonchev–Trinajstić information content (AvgIpc) is 3.63. The number of fused-ring (bicyclic) bond motifs is 1. The van der Waals surface area contributed by atoms with E-state index in [1.54, 1.807) is 6.07 Å². The molecule has 0 spiro atoms. The number of benzene rings is 4. The first-order valence-electron chi connectivity index (χ1n) is 16.8. The molecule has 248 valence electrons. The van der Waals surface area contributed by atoms with Crippen LogP contribution in [0.1, 0.15) is 75.6 Å². The van der Waals surface area contributed by atoms with Gasteiger partial charge in [0, 0.05) is 32.1 Å². The molecule has 0 saturated carbocycles. The van der Waals surface area contributed by atoms with Crippen LogP contribution in [0.2, 0.25) is 0 Å². The lowest BCUT2D eigenvalue weighted by atomic mass is 9.96. The minimum Gasteiger partial charge on any atom is -0.353 e. The van der Waals surface area contributed by atoms with Crippen LogP contribution in [0.25, 0.3) is 17.1 Å². The van der Waals surface area contributed by atoms with Crippen LogP contribution in [0.4, 0.5) is 27.2 Å². The average molecular weight is 634 g/mol. The third kappa shape index (κ3) is 7.70. The summed E-state index contributed by atoms with van der Waals surface area (Å²) in [6.45, 7) is 17.4. The molecule has 2 heterocycles. The van der Waals surface area contributed by atoms with E-state index in [0.717, 1.165) is 22.9 Å². The molecule has 1 aliphatic heterocycles. The molecule has 6 heteroatoms. The standard InChI is InChI=1S/C21H24N2.C16H18FN3.C4H10/c1-14(2)18-8-6-7-9-19(18)21-22-10-11-23(21)20-16(4)12-15(3)13-17(20)5;1-12-18(2)13-8-4-6-10-15(13)20(12)16-11-7-5-9-14(16)19(3)17;1-3-4-2/h6-14H,1-5H3;4-12H,1-3H3;3-4H2,1-2H3. The van der Waals surface area contributed by atoms with Crippen molar-refractivity contribution in [3.05, 3.63) is 120 Å². The monoisotopic (exact) mass is 633 g/mol. The van der Waals surface area contributed by atoms with Crippen LogP contribution < -0.4 is 14.9 Å². The Morgan fingerprint density at radius 1 is 0.809 bits per heavy atom. The van der Waals surface area contributed by atoms with Crippen LogP contribution in [0, 0.1) is 20.8 Å². The second-order valence-corrected chi connectivity index (χ2v) is 12.7. The van der Waals surface area contributed by atoms with Gasteiger partial charge in [-0.1, -0.05) is 107 Å². The Morgan fingerprint density at radius 3 is 1.96 bits per heavy atom. The van der Waals surface area contributed by atoms with Gasteiger partial charge in [-0.05, 0) is 74.6 Å². The summed E-state index contributed by atoms with van der Waals surface area (Å²) >= 11 is 0. The predicted octanol–water partition coefficient (Wildman–Crippen LogP) is 11.3. The number of aromatic nitrogens is 2. The van der Waals surface area contributed by atoms with Gasteiger partial charge >= 0.3 is 0 Å². The molecule has 5 nitrogen and oxygen atoms in total. The van der Waals surface area contributed by atoms with Crippen LogP contribution in [0.3, 0.4) is 0 Å². The number of nitrogens with zero attached hydrogens (tertiary/aromatic N) is 5. The van der Waals surface area contributed by atoms with Gasteiger partial charge in [0.25, 0.3) is 0 Å². The fourth-order valence-electron chi connectivity index (χ4n) is 6.24. The molecule has 1 atom stereocenters. The summed E-state index contributed by atoms with van der Waals surface area (Å²) in [6.07, 6.45) is 6.75. The highest BCUT2D eigenvalue weighted by atomic mass is 19.2. The maximum atomic E-state index is 13.7. The second-order valence-electron chi connectivity index (χ2n) is 12.7. The van der Waals surface area contributed by atoms with E-state index < -0.39 is 0 Å². The summed E-state index contributed by atoms with van der Waals surface area (Å²) in [5.74, 6) is 1.49. The van der Waals surface area contributed by atoms with Gasteiger partial charge < -0.3 is 9.80 Å². The first-order valence-corrected chi connectivity index (χ1v) is 16.8. The SMILES string of the molecule is CC1N(C)c2ccccc2N1c1ccccc1N(C)F.CCCC.Cc1cc(C)c(-n2ccnc2-c2ccccc2C(C)C)c(C)c1. The highest BCUT2D eigenvalue weighted by molar-refractivity contribution is 5.87. The number of para-hydroxylation sites is 4. The first-order chi connectivity index (χ1) is 22.5. The Hall–Kier alpha value is -4.58. The van der Waals surface area contributed by atoms with E-state index in [2.05, 4.69) is 137 Å².